The highest BCUT2D eigenvalue weighted by atomic mass is 16.2. The molecule has 0 aromatic carbocycles. The molecule has 0 unspecified atom stereocenters. The van der Waals surface area contributed by atoms with Gasteiger partial charge >= 0.3 is 0 Å². The van der Waals surface area contributed by atoms with Crippen molar-refractivity contribution >= 4 is 11.8 Å². The van der Waals surface area contributed by atoms with Gasteiger partial charge in [0.25, 0.3) is 0 Å². The Hall–Kier alpha value is -1.06. The topological polar surface area (TPSA) is 58.2 Å². The molecule has 4 saturated carbocycles. The average molecular weight is 389 g/mol. The maximum Gasteiger partial charge on any atom is 0.223 e. The molecule has 28 heavy (non-hydrogen) atoms. The average Bonchev–Trinajstić information content (AvgIpc) is 3.49. The fourth-order valence-corrected chi connectivity index (χ4v) is 6.77. The number of unbranched alkanes of at least 4 members (excludes halogenated alkanes) is 5. The van der Waals surface area contributed by atoms with Gasteiger partial charge in [-0.3, -0.25) is 9.59 Å². The van der Waals surface area contributed by atoms with Gasteiger partial charge in [-0.15, -0.1) is 0 Å². The Morgan fingerprint density at radius 2 is 1.00 bits per heavy atom. The summed E-state index contributed by atoms with van der Waals surface area (Å²) >= 11 is 0. The van der Waals surface area contributed by atoms with Crippen LogP contribution in [-0.4, -0.2) is 24.9 Å². The van der Waals surface area contributed by atoms with Gasteiger partial charge in [0.1, 0.15) is 0 Å². The first-order chi connectivity index (χ1) is 13.7. The Morgan fingerprint density at radius 1 is 0.571 bits per heavy atom. The van der Waals surface area contributed by atoms with E-state index < -0.39 is 0 Å². The summed E-state index contributed by atoms with van der Waals surface area (Å²) in [4.78, 5) is 24.6. The lowest BCUT2D eigenvalue weighted by Crippen LogP contribution is -2.34. The largest absolute Gasteiger partial charge is 0.356 e. The summed E-state index contributed by atoms with van der Waals surface area (Å²) < 4.78 is 0. The van der Waals surface area contributed by atoms with E-state index in [1.54, 1.807) is 0 Å². The number of fused-ring (bicyclic) bond motifs is 4. The number of carbonyl (C=O) groups is 2. The normalized spacial score (nSPS) is 35.4. The summed E-state index contributed by atoms with van der Waals surface area (Å²) in [6, 6.07) is 0. The van der Waals surface area contributed by atoms with Gasteiger partial charge in [-0.1, -0.05) is 38.5 Å². The number of hydrogen-bond acceptors (Lipinski definition) is 2. The highest BCUT2D eigenvalue weighted by Crippen LogP contribution is 2.49. The van der Waals surface area contributed by atoms with Crippen LogP contribution < -0.4 is 10.6 Å². The highest BCUT2D eigenvalue weighted by molar-refractivity contribution is 5.79. The molecule has 2 N–H and O–H groups in total. The van der Waals surface area contributed by atoms with Gasteiger partial charge in [-0.25, -0.2) is 0 Å². The molecule has 4 aliphatic carbocycles. The Kier molecular flexibility index (Phi) is 6.95. The van der Waals surface area contributed by atoms with E-state index in [-0.39, 0.29) is 0 Å². The first-order valence-electron chi connectivity index (χ1n) is 12.3. The van der Waals surface area contributed by atoms with Gasteiger partial charge in [0, 0.05) is 24.9 Å². The lowest BCUT2D eigenvalue weighted by atomic mass is 9.88. The van der Waals surface area contributed by atoms with Gasteiger partial charge in [0.15, 0.2) is 0 Å². The van der Waals surface area contributed by atoms with E-state index in [1.807, 2.05) is 0 Å². The Balaban J connectivity index is 0.946. The molecule has 6 atom stereocenters. The summed E-state index contributed by atoms with van der Waals surface area (Å²) in [5.41, 5.74) is 0. The molecule has 4 heteroatoms. The predicted molar refractivity (Wildman–Crippen MR) is 112 cm³/mol. The molecule has 0 saturated heterocycles. The van der Waals surface area contributed by atoms with Gasteiger partial charge in [-0.05, 0) is 75.0 Å². The predicted octanol–water partition coefficient (Wildman–Crippen LogP) is 4.43. The SMILES string of the molecule is O=C(NCCCCCCCCNC(=O)[C@@H]1C[C@H]2CC[C@@H]1C2)[C@@H]1C[C@@H]2CC[C@@H]1C2. The Morgan fingerprint density at radius 3 is 1.36 bits per heavy atom. The minimum atomic E-state index is 0.327. The molecular formula is C24H40N2O2. The number of nitrogens with one attached hydrogen (secondary N) is 2. The van der Waals surface area contributed by atoms with Crippen LogP contribution >= 0.6 is 0 Å². The first-order valence-corrected chi connectivity index (χ1v) is 12.3. The third kappa shape index (κ3) is 4.91. The first kappa shape index (κ1) is 20.2. The van der Waals surface area contributed by atoms with Crippen molar-refractivity contribution in [1.82, 2.24) is 10.6 Å². The lowest BCUT2D eigenvalue weighted by Gasteiger charge is -2.20. The van der Waals surface area contributed by atoms with Crippen LogP contribution in [0.5, 0.6) is 0 Å². The molecule has 0 aliphatic heterocycles. The summed E-state index contributed by atoms with van der Waals surface area (Å²) in [7, 11) is 0. The van der Waals surface area contributed by atoms with Crippen molar-refractivity contribution in [2.45, 2.75) is 89.9 Å². The van der Waals surface area contributed by atoms with Crippen molar-refractivity contribution in [3.63, 3.8) is 0 Å². The molecule has 4 nitrogen and oxygen atoms in total. The Labute approximate surface area is 171 Å². The molecule has 0 aromatic rings. The second kappa shape index (κ2) is 9.63. The monoisotopic (exact) mass is 388 g/mol. The van der Waals surface area contributed by atoms with Crippen molar-refractivity contribution in [3.05, 3.63) is 0 Å². The van der Waals surface area contributed by atoms with Crippen LogP contribution in [0.2, 0.25) is 0 Å². The lowest BCUT2D eigenvalue weighted by molar-refractivity contribution is -0.127. The van der Waals surface area contributed by atoms with Crippen molar-refractivity contribution in [3.8, 4) is 0 Å². The molecule has 158 valence electrons. The van der Waals surface area contributed by atoms with Crippen LogP contribution in [0.25, 0.3) is 0 Å². The molecule has 0 heterocycles. The van der Waals surface area contributed by atoms with Crippen LogP contribution in [0, 0.1) is 35.5 Å². The molecular weight excluding hydrogens is 348 g/mol. The number of amides is 2. The Bertz CT molecular complexity index is 501. The van der Waals surface area contributed by atoms with E-state index in [1.165, 1.54) is 64.2 Å². The van der Waals surface area contributed by atoms with Gasteiger partial charge < -0.3 is 10.6 Å². The van der Waals surface area contributed by atoms with E-state index in [4.69, 9.17) is 0 Å². The van der Waals surface area contributed by atoms with Crippen LogP contribution in [0.1, 0.15) is 89.9 Å². The van der Waals surface area contributed by atoms with Crippen molar-refractivity contribution in [2.24, 2.45) is 35.5 Å². The van der Waals surface area contributed by atoms with Crippen LogP contribution in [0.4, 0.5) is 0 Å². The maximum absolute atomic E-state index is 12.3. The molecule has 0 aromatic heterocycles. The van der Waals surface area contributed by atoms with Crippen LogP contribution in [0.15, 0.2) is 0 Å². The zero-order valence-electron chi connectivity index (χ0n) is 17.6. The zero-order valence-corrected chi connectivity index (χ0v) is 17.6. The van der Waals surface area contributed by atoms with Crippen molar-refractivity contribution in [2.75, 3.05) is 13.1 Å². The number of carbonyl (C=O) groups excluding carboxylic acids is 2. The second-order valence-electron chi connectivity index (χ2n) is 10.3. The standard InChI is InChI=1S/C24H40N2O2/c27-23(21-15-17-7-9-19(21)13-17)25-11-5-3-1-2-4-6-12-26-24(28)22-16-18-8-10-20(22)14-18/h17-22H,1-16H2,(H,25,27)(H,26,28)/t17-,18+,19-,20-,21-,22-/m1/s1. The molecule has 4 bridgehead atoms. The van der Waals surface area contributed by atoms with E-state index >= 15 is 0 Å². The van der Waals surface area contributed by atoms with Gasteiger partial charge in [0.2, 0.25) is 11.8 Å². The van der Waals surface area contributed by atoms with Crippen LogP contribution in [-0.2, 0) is 9.59 Å². The molecule has 2 amide bonds. The molecule has 0 spiro atoms. The fraction of sp³-hybridized carbons (Fsp3) is 0.917. The van der Waals surface area contributed by atoms with Crippen molar-refractivity contribution < 1.29 is 9.59 Å². The third-order valence-corrected chi connectivity index (χ3v) is 8.35. The van der Waals surface area contributed by atoms with Gasteiger partial charge in [-0.2, -0.15) is 0 Å². The fourth-order valence-electron chi connectivity index (χ4n) is 6.77. The smallest absolute Gasteiger partial charge is 0.223 e. The van der Waals surface area contributed by atoms with Crippen LogP contribution in [0.3, 0.4) is 0 Å². The molecule has 0 radical (unpaired) electrons. The maximum atomic E-state index is 12.3. The minimum Gasteiger partial charge on any atom is -0.356 e. The second-order valence-corrected chi connectivity index (χ2v) is 10.3. The van der Waals surface area contributed by atoms with E-state index in [9.17, 15) is 9.59 Å². The molecule has 4 aliphatic rings. The highest BCUT2D eigenvalue weighted by Gasteiger charge is 2.43. The van der Waals surface area contributed by atoms with Crippen molar-refractivity contribution in [1.29, 1.82) is 0 Å². The summed E-state index contributed by atoms with van der Waals surface area (Å²) in [6.45, 7) is 1.71. The van der Waals surface area contributed by atoms with Gasteiger partial charge in [0.05, 0.1) is 0 Å². The summed E-state index contributed by atoms with van der Waals surface area (Å²) in [5.74, 6) is 4.39. The number of hydrogen-bond donors (Lipinski definition) is 2. The van der Waals surface area contributed by atoms with E-state index in [0.29, 0.717) is 35.5 Å². The quantitative estimate of drug-likeness (QED) is 0.514. The molecule has 4 fully saturated rings. The number of rotatable bonds is 11. The van der Waals surface area contributed by atoms with E-state index in [2.05, 4.69) is 10.6 Å². The molecule has 4 rings (SSSR count). The minimum absolute atomic E-state index is 0.327. The summed E-state index contributed by atoms with van der Waals surface area (Å²) in [6.07, 6.45) is 17.3. The summed E-state index contributed by atoms with van der Waals surface area (Å²) in [5, 5.41) is 6.37. The third-order valence-electron chi connectivity index (χ3n) is 8.35. The zero-order chi connectivity index (χ0) is 19.3. The van der Waals surface area contributed by atoms with E-state index in [0.717, 1.165) is 50.6 Å².